The van der Waals surface area contributed by atoms with Gasteiger partial charge in [-0.15, -0.1) is 0 Å². The Hall–Kier alpha value is -1.49. The average molecular weight is 403 g/mol. The standard InChI is InChI=1S/C17H30N4O5S/c1-3-7-27(25,26)20-13-5-4-6-21(10-13)15-9-12(17(23)24)8-14(18)16(15)19-11(2)22/h9,13-16,20H,3-8,10,18H2,1-2H3,(H,19,22)(H,23,24)/t13-,14-,15+,16+/m0/s1. The van der Waals surface area contributed by atoms with Crippen LogP contribution in [0.5, 0.6) is 0 Å². The van der Waals surface area contributed by atoms with E-state index in [4.69, 9.17) is 5.73 Å². The molecule has 1 amide bonds. The Morgan fingerprint density at radius 3 is 2.70 bits per heavy atom. The van der Waals surface area contributed by atoms with E-state index in [1.165, 1.54) is 6.92 Å². The number of nitrogens with one attached hydrogen (secondary N) is 2. The molecule has 0 bridgehead atoms. The Morgan fingerprint density at radius 1 is 1.41 bits per heavy atom. The number of carbonyl (C=O) groups is 2. The smallest absolute Gasteiger partial charge is 0.331 e. The Morgan fingerprint density at radius 2 is 2.11 bits per heavy atom. The molecule has 1 fully saturated rings. The molecule has 0 radical (unpaired) electrons. The van der Waals surface area contributed by atoms with Crippen molar-refractivity contribution in [2.45, 2.75) is 63.7 Å². The van der Waals surface area contributed by atoms with Gasteiger partial charge in [-0.3, -0.25) is 9.69 Å². The number of hydrogen-bond donors (Lipinski definition) is 4. The number of hydrogen-bond acceptors (Lipinski definition) is 6. The maximum Gasteiger partial charge on any atom is 0.331 e. The van der Waals surface area contributed by atoms with E-state index < -0.39 is 28.1 Å². The summed E-state index contributed by atoms with van der Waals surface area (Å²) in [7, 11) is -3.33. The van der Waals surface area contributed by atoms with Crippen LogP contribution in [0.25, 0.3) is 0 Å². The van der Waals surface area contributed by atoms with Gasteiger partial charge in [0, 0.05) is 31.1 Å². The van der Waals surface area contributed by atoms with Gasteiger partial charge < -0.3 is 16.2 Å². The van der Waals surface area contributed by atoms with Crippen molar-refractivity contribution in [2.75, 3.05) is 18.8 Å². The molecule has 9 nitrogen and oxygen atoms in total. The van der Waals surface area contributed by atoms with Gasteiger partial charge in [0.15, 0.2) is 0 Å². The van der Waals surface area contributed by atoms with Crippen LogP contribution < -0.4 is 15.8 Å². The second-order valence-corrected chi connectivity index (χ2v) is 9.23. The number of carbonyl (C=O) groups excluding carboxylic acids is 1. The number of carboxylic acid groups (broad SMARTS) is 1. The summed E-state index contributed by atoms with van der Waals surface area (Å²) in [6.07, 6.45) is 3.86. The molecule has 0 spiro atoms. The average Bonchev–Trinajstić information content (AvgIpc) is 2.55. The molecule has 1 aliphatic carbocycles. The third-order valence-corrected chi connectivity index (χ3v) is 6.63. The van der Waals surface area contributed by atoms with Gasteiger partial charge in [0.1, 0.15) is 0 Å². The number of piperidine rings is 1. The summed E-state index contributed by atoms with van der Waals surface area (Å²) in [6.45, 7) is 4.34. The Labute approximate surface area is 160 Å². The van der Waals surface area contributed by atoms with Crippen LogP contribution in [-0.4, -0.2) is 73.3 Å². The SMILES string of the molecule is CCCS(=O)(=O)N[C@H]1CCCN([C@@H]2C=C(C(=O)O)C[C@H](N)[C@H]2NC(C)=O)C1. The predicted molar refractivity (Wildman–Crippen MR) is 102 cm³/mol. The van der Waals surface area contributed by atoms with E-state index >= 15 is 0 Å². The van der Waals surface area contributed by atoms with Crippen LogP contribution in [0.4, 0.5) is 0 Å². The quantitative estimate of drug-likeness (QED) is 0.445. The zero-order chi connectivity index (χ0) is 20.2. The highest BCUT2D eigenvalue weighted by molar-refractivity contribution is 7.89. The van der Waals surface area contributed by atoms with Gasteiger partial charge in [-0.05, 0) is 32.2 Å². The highest BCUT2D eigenvalue weighted by Gasteiger charge is 2.38. The lowest BCUT2D eigenvalue weighted by Crippen LogP contribution is -2.63. The lowest BCUT2D eigenvalue weighted by Gasteiger charge is -2.44. The van der Waals surface area contributed by atoms with E-state index in [0.717, 1.165) is 12.8 Å². The van der Waals surface area contributed by atoms with E-state index in [1.807, 2.05) is 11.8 Å². The largest absolute Gasteiger partial charge is 0.478 e. The lowest BCUT2D eigenvalue weighted by atomic mass is 9.85. The molecule has 10 heteroatoms. The molecule has 1 aliphatic heterocycles. The van der Waals surface area contributed by atoms with Crippen molar-refractivity contribution in [3.8, 4) is 0 Å². The summed E-state index contributed by atoms with van der Waals surface area (Å²) in [5.74, 6) is -1.17. The molecule has 4 atom stereocenters. The first kappa shape index (κ1) is 21.8. The number of nitrogens with two attached hydrogens (primary N) is 1. The van der Waals surface area contributed by atoms with Gasteiger partial charge in [-0.25, -0.2) is 17.9 Å². The van der Waals surface area contributed by atoms with Crippen molar-refractivity contribution in [3.63, 3.8) is 0 Å². The number of aliphatic carboxylic acids is 1. The summed E-state index contributed by atoms with van der Waals surface area (Å²) in [5, 5.41) is 12.2. The number of likely N-dealkylation sites (tertiary alicyclic amines) is 1. The zero-order valence-electron chi connectivity index (χ0n) is 15.8. The Balaban J connectivity index is 2.20. The van der Waals surface area contributed by atoms with Crippen LogP contribution in [-0.2, 0) is 19.6 Å². The molecule has 2 rings (SSSR count). The molecule has 0 saturated carbocycles. The van der Waals surface area contributed by atoms with Crippen LogP contribution in [0.15, 0.2) is 11.6 Å². The molecule has 1 heterocycles. The van der Waals surface area contributed by atoms with Crippen LogP contribution in [0.1, 0.15) is 39.5 Å². The van der Waals surface area contributed by atoms with Crippen molar-refractivity contribution < 1.29 is 23.1 Å². The first-order chi connectivity index (χ1) is 12.6. The predicted octanol–water partition coefficient (Wildman–Crippen LogP) is -0.604. The van der Waals surface area contributed by atoms with E-state index in [0.29, 0.717) is 19.5 Å². The zero-order valence-corrected chi connectivity index (χ0v) is 16.7. The summed E-state index contributed by atoms with van der Waals surface area (Å²) in [6, 6.07) is -1.57. The minimum absolute atomic E-state index is 0.0788. The normalized spacial score (nSPS) is 29.8. The molecular formula is C17H30N4O5S. The fourth-order valence-corrected chi connectivity index (χ4v) is 5.24. The second-order valence-electron chi connectivity index (χ2n) is 7.35. The summed E-state index contributed by atoms with van der Waals surface area (Å²) >= 11 is 0. The van der Waals surface area contributed by atoms with Crippen LogP contribution in [0.2, 0.25) is 0 Å². The van der Waals surface area contributed by atoms with Gasteiger partial charge in [0.2, 0.25) is 15.9 Å². The Bertz CT molecular complexity index is 693. The molecule has 1 saturated heterocycles. The minimum atomic E-state index is -3.33. The molecular weight excluding hydrogens is 372 g/mol. The van der Waals surface area contributed by atoms with Crippen LogP contribution in [0.3, 0.4) is 0 Å². The van der Waals surface area contributed by atoms with Crippen LogP contribution >= 0.6 is 0 Å². The van der Waals surface area contributed by atoms with Gasteiger partial charge in [0.05, 0.1) is 17.8 Å². The van der Waals surface area contributed by atoms with Crippen molar-refractivity contribution in [2.24, 2.45) is 5.73 Å². The minimum Gasteiger partial charge on any atom is -0.478 e. The molecule has 2 aliphatic rings. The van der Waals surface area contributed by atoms with E-state index in [2.05, 4.69) is 10.0 Å². The first-order valence-corrected chi connectivity index (χ1v) is 11.0. The third-order valence-electron chi connectivity index (χ3n) is 4.99. The Kier molecular flexibility index (Phi) is 7.38. The molecule has 154 valence electrons. The van der Waals surface area contributed by atoms with Crippen molar-refractivity contribution >= 4 is 21.9 Å². The van der Waals surface area contributed by atoms with E-state index in [9.17, 15) is 23.1 Å². The van der Waals surface area contributed by atoms with E-state index in [-0.39, 0.29) is 35.7 Å². The molecule has 0 aromatic carbocycles. The molecule has 27 heavy (non-hydrogen) atoms. The number of amides is 1. The fraction of sp³-hybridized carbons (Fsp3) is 0.765. The number of nitrogens with zero attached hydrogens (tertiary/aromatic N) is 1. The monoisotopic (exact) mass is 402 g/mol. The first-order valence-electron chi connectivity index (χ1n) is 9.33. The summed E-state index contributed by atoms with van der Waals surface area (Å²) in [4.78, 5) is 25.1. The molecule has 0 aromatic rings. The number of rotatable bonds is 7. The number of carboxylic acids is 1. The molecule has 0 aromatic heterocycles. The second kappa shape index (κ2) is 9.13. The maximum atomic E-state index is 12.1. The maximum absolute atomic E-state index is 12.1. The highest BCUT2D eigenvalue weighted by atomic mass is 32.2. The topological polar surface area (TPSA) is 142 Å². The number of sulfonamides is 1. The molecule has 5 N–H and O–H groups in total. The van der Waals surface area contributed by atoms with Crippen LogP contribution in [0, 0.1) is 0 Å². The lowest BCUT2D eigenvalue weighted by molar-refractivity contribution is -0.133. The van der Waals surface area contributed by atoms with Gasteiger partial charge >= 0.3 is 5.97 Å². The highest BCUT2D eigenvalue weighted by Crippen LogP contribution is 2.25. The van der Waals surface area contributed by atoms with Crippen molar-refractivity contribution in [1.82, 2.24) is 14.9 Å². The third kappa shape index (κ3) is 6.00. The van der Waals surface area contributed by atoms with Crippen molar-refractivity contribution in [1.29, 1.82) is 0 Å². The van der Waals surface area contributed by atoms with Gasteiger partial charge in [0.25, 0.3) is 0 Å². The molecule has 0 unspecified atom stereocenters. The van der Waals surface area contributed by atoms with E-state index in [1.54, 1.807) is 6.08 Å². The van der Waals surface area contributed by atoms with Gasteiger partial charge in [-0.2, -0.15) is 0 Å². The van der Waals surface area contributed by atoms with Crippen molar-refractivity contribution in [3.05, 3.63) is 11.6 Å². The fourth-order valence-electron chi connectivity index (χ4n) is 3.89. The summed E-state index contributed by atoms with van der Waals surface area (Å²) < 4.78 is 26.9. The van der Waals surface area contributed by atoms with Gasteiger partial charge in [-0.1, -0.05) is 13.0 Å². The summed E-state index contributed by atoms with van der Waals surface area (Å²) in [5.41, 5.74) is 6.40.